The topological polar surface area (TPSA) is 84.3 Å². The standard InChI is InChI=1S/C9H13N3O3/c1-3-6(8(13)14)11-9-10-5-4-7(12-9)15-2/h4-6H,3H2,1-2H3,(H,13,14)(H,10,11,12). The van der Waals surface area contributed by atoms with E-state index in [0.717, 1.165) is 0 Å². The van der Waals surface area contributed by atoms with Gasteiger partial charge in [0, 0.05) is 12.3 Å². The number of aromatic nitrogens is 2. The zero-order valence-corrected chi connectivity index (χ0v) is 8.60. The molecule has 1 rings (SSSR count). The highest BCUT2D eigenvalue weighted by molar-refractivity contribution is 5.76. The number of aliphatic carboxylic acids is 1. The molecule has 2 N–H and O–H groups in total. The van der Waals surface area contributed by atoms with E-state index < -0.39 is 12.0 Å². The lowest BCUT2D eigenvalue weighted by Gasteiger charge is -2.11. The Morgan fingerprint density at radius 3 is 3.00 bits per heavy atom. The van der Waals surface area contributed by atoms with Crippen LogP contribution in [-0.4, -0.2) is 34.2 Å². The third kappa shape index (κ3) is 3.08. The van der Waals surface area contributed by atoms with Crippen molar-refractivity contribution in [3.8, 4) is 5.88 Å². The monoisotopic (exact) mass is 211 g/mol. The summed E-state index contributed by atoms with van der Waals surface area (Å²) in [6.07, 6.45) is 1.96. The van der Waals surface area contributed by atoms with Crippen LogP contribution in [0.2, 0.25) is 0 Å². The Bertz CT molecular complexity index is 343. The van der Waals surface area contributed by atoms with Crippen molar-refractivity contribution in [1.82, 2.24) is 9.97 Å². The largest absolute Gasteiger partial charge is 0.481 e. The molecular weight excluding hydrogens is 198 g/mol. The number of carboxylic acid groups (broad SMARTS) is 1. The number of ether oxygens (including phenoxy) is 1. The summed E-state index contributed by atoms with van der Waals surface area (Å²) >= 11 is 0. The van der Waals surface area contributed by atoms with E-state index in [1.54, 1.807) is 13.0 Å². The second kappa shape index (κ2) is 5.14. The molecule has 6 nitrogen and oxygen atoms in total. The molecule has 0 saturated carbocycles. The number of carbonyl (C=O) groups is 1. The van der Waals surface area contributed by atoms with E-state index in [1.807, 2.05) is 0 Å². The van der Waals surface area contributed by atoms with E-state index in [4.69, 9.17) is 9.84 Å². The van der Waals surface area contributed by atoms with Crippen LogP contribution >= 0.6 is 0 Å². The molecule has 6 heteroatoms. The van der Waals surface area contributed by atoms with Gasteiger partial charge in [-0.2, -0.15) is 4.98 Å². The van der Waals surface area contributed by atoms with Gasteiger partial charge in [-0.05, 0) is 6.42 Å². The molecule has 15 heavy (non-hydrogen) atoms. The van der Waals surface area contributed by atoms with Crippen LogP contribution in [0, 0.1) is 0 Å². The maximum absolute atomic E-state index is 10.7. The summed E-state index contributed by atoms with van der Waals surface area (Å²) in [7, 11) is 1.49. The zero-order valence-electron chi connectivity index (χ0n) is 8.60. The van der Waals surface area contributed by atoms with Crippen molar-refractivity contribution in [3.05, 3.63) is 12.3 Å². The Kier molecular flexibility index (Phi) is 3.84. The van der Waals surface area contributed by atoms with Gasteiger partial charge in [-0.15, -0.1) is 0 Å². The molecule has 1 heterocycles. The first kappa shape index (κ1) is 11.2. The molecule has 1 aromatic heterocycles. The first-order valence-corrected chi connectivity index (χ1v) is 4.53. The van der Waals surface area contributed by atoms with Crippen molar-refractivity contribution in [2.24, 2.45) is 0 Å². The molecule has 0 amide bonds. The Labute approximate surface area is 87.3 Å². The molecule has 0 aliphatic carbocycles. The summed E-state index contributed by atoms with van der Waals surface area (Å²) in [5.41, 5.74) is 0. The number of carboxylic acids is 1. The van der Waals surface area contributed by atoms with Gasteiger partial charge in [0.05, 0.1) is 7.11 Å². The maximum Gasteiger partial charge on any atom is 0.326 e. The average Bonchev–Trinajstić information content (AvgIpc) is 2.25. The molecule has 0 spiro atoms. The predicted molar refractivity (Wildman–Crippen MR) is 53.9 cm³/mol. The van der Waals surface area contributed by atoms with Gasteiger partial charge in [0.1, 0.15) is 6.04 Å². The van der Waals surface area contributed by atoms with Gasteiger partial charge in [0.2, 0.25) is 11.8 Å². The zero-order chi connectivity index (χ0) is 11.3. The smallest absolute Gasteiger partial charge is 0.326 e. The summed E-state index contributed by atoms with van der Waals surface area (Å²) in [6.45, 7) is 1.77. The molecule has 1 aromatic rings. The lowest BCUT2D eigenvalue weighted by molar-refractivity contribution is -0.138. The van der Waals surface area contributed by atoms with Gasteiger partial charge >= 0.3 is 5.97 Å². The van der Waals surface area contributed by atoms with E-state index in [9.17, 15) is 4.79 Å². The molecule has 1 atom stereocenters. The number of methoxy groups -OCH3 is 1. The minimum atomic E-state index is -0.927. The van der Waals surface area contributed by atoms with Crippen molar-refractivity contribution in [3.63, 3.8) is 0 Å². The molecule has 0 aliphatic rings. The number of rotatable bonds is 5. The van der Waals surface area contributed by atoms with Gasteiger partial charge in [0.15, 0.2) is 0 Å². The van der Waals surface area contributed by atoms with Crippen molar-refractivity contribution in [1.29, 1.82) is 0 Å². The Morgan fingerprint density at radius 1 is 1.73 bits per heavy atom. The van der Waals surface area contributed by atoms with Gasteiger partial charge in [0.25, 0.3) is 0 Å². The quantitative estimate of drug-likeness (QED) is 0.748. The number of nitrogens with one attached hydrogen (secondary N) is 1. The first-order chi connectivity index (χ1) is 7.17. The number of anilines is 1. The van der Waals surface area contributed by atoms with Gasteiger partial charge in [-0.1, -0.05) is 6.92 Å². The number of hydrogen-bond acceptors (Lipinski definition) is 5. The normalized spacial score (nSPS) is 11.9. The molecule has 0 bridgehead atoms. The van der Waals surface area contributed by atoms with Crippen LogP contribution in [-0.2, 0) is 4.79 Å². The third-order valence-corrected chi connectivity index (χ3v) is 1.85. The summed E-state index contributed by atoms with van der Waals surface area (Å²) < 4.78 is 4.89. The summed E-state index contributed by atoms with van der Waals surface area (Å²) in [6, 6.07) is 0.907. The molecule has 0 aromatic carbocycles. The number of nitrogens with zero attached hydrogens (tertiary/aromatic N) is 2. The van der Waals surface area contributed by atoms with Crippen molar-refractivity contribution in [2.75, 3.05) is 12.4 Å². The minimum absolute atomic E-state index is 0.253. The fraction of sp³-hybridized carbons (Fsp3) is 0.444. The van der Waals surface area contributed by atoms with Gasteiger partial charge in [-0.3, -0.25) is 0 Å². The van der Waals surface area contributed by atoms with Gasteiger partial charge < -0.3 is 15.2 Å². The van der Waals surface area contributed by atoms with Crippen LogP contribution in [0.4, 0.5) is 5.95 Å². The summed E-state index contributed by atoms with van der Waals surface area (Å²) in [4.78, 5) is 18.6. The summed E-state index contributed by atoms with van der Waals surface area (Å²) in [5.74, 6) is -0.278. The van der Waals surface area contributed by atoms with Crippen LogP contribution in [0.5, 0.6) is 5.88 Å². The van der Waals surface area contributed by atoms with Crippen molar-refractivity contribution < 1.29 is 14.6 Å². The maximum atomic E-state index is 10.7. The highest BCUT2D eigenvalue weighted by Crippen LogP contribution is 2.09. The van der Waals surface area contributed by atoms with Crippen LogP contribution in [0.3, 0.4) is 0 Å². The second-order valence-electron chi connectivity index (χ2n) is 2.87. The SMILES string of the molecule is CCC(Nc1nccc(OC)n1)C(=O)O. The minimum Gasteiger partial charge on any atom is -0.481 e. The lowest BCUT2D eigenvalue weighted by Crippen LogP contribution is -2.29. The van der Waals surface area contributed by atoms with Crippen molar-refractivity contribution in [2.45, 2.75) is 19.4 Å². The highest BCUT2D eigenvalue weighted by atomic mass is 16.5. The number of hydrogen-bond donors (Lipinski definition) is 2. The predicted octanol–water partition coefficient (Wildman–Crippen LogP) is 0.760. The Morgan fingerprint density at radius 2 is 2.47 bits per heavy atom. The van der Waals surface area contributed by atoms with Crippen molar-refractivity contribution >= 4 is 11.9 Å². The lowest BCUT2D eigenvalue weighted by atomic mass is 10.2. The molecule has 82 valence electrons. The molecule has 0 fully saturated rings. The van der Waals surface area contributed by atoms with E-state index in [2.05, 4.69) is 15.3 Å². The Balaban J connectivity index is 2.74. The molecular formula is C9H13N3O3. The molecule has 0 radical (unpaired) electrons. The Hall–Kier alpha value is -1.85. The molecule has 1 unspecified atom stereocenters. The molecule has 0 aliphatic heterocycles. The van der Waals surface area contributed by atoms with Gasteiger partial charge in [-0.25, -0.2) is 9.78 Å². The van der Waals surface area contributed by atoms with Crippen LogP contribution in [0.25, 0.3) is 0 Å². The van der Waals surface area contributed by atoms with Crippen LogP contribution in [0.15, 0.2) is 12.3 Å². The van der Waals surface area contributed by atoms with E-state index >= 15 is 0 Å². The first-order valence-electron chi connectivity index (χ1n) is 4.53. The third-order valence-electron chi connectivity index (χ3n) is 1.85. The van der Waals surface area contributed by atoms with E-state index in [1.165, 1.54) is 13.3 Å². The second-order valence-corrected chi connectivity index (χ2v) is 2.87. The van der Waals surface area contributed by atoms with E-state index in [-0.39, 0.29) is 5.95 Å². The van der Waals surface area contributed by atoms with Crippen LogP contribution in [0.1, 0.15) is 13.3 Å². The summed E-state index contributed by atoms with van der Waals surface area (Å²) in [5, 5.41) is 11.5. The highest BCUT2D eigenvalue weighted by Gasteiger charge is 2.15. The fourth-order valence-corrected chi connectivity index (χ4v) is 1.02. The fourth-order valence-electron chi connectivity index (χ4n) is 1.02. The van der Waals surface area contributed by atoms with E-state index in [0.29, 0.717) is 12.3 Å². The molecule has 0 saturated heterocycles. The van der Waals surface area contributed by atoms with Crippen LogP contribution < -0.4 is 10.1 Å². The average molecular weight is 211 g/mol.